The number of rotatable bonds is 3. The summed E-state index contributed by atoms with van der Waals surface area (Å²) in [5, 5.41) is 3.89. The number of hydrogen-bond donors (Lipinski definition) is 0. The van der Waals surface area contributed by atoms with E-state index in [1.54, 1.807) is 24.3 Å². The molecule has 0 aliphatic rings. The van der Waals surface area contributed by atoms with Crippen LogP contribution in [-0.2, 0) is 15.6 Å². The molecule has 0 unspecified atom stereocenters. The Morgan fingerprint density at radius 1 is 1.10 bits per heavy atom. The Hall–Kier alpha value is -2.28. The third kappa shape index (κ3) is 2.64. The normalized spacial score (nSPS) is 11.9. The molecule has 1 aromatic carbocycles. The lowest BCUT2D eigenvalue weighted by Gasteiger charge is -1.99. The van der Waals surface area contributed by atoms with Gasteiger partial charge in [-0.1, -0.05) is 30.3 Å². The summed E-state index contributed by atoms with van der Waals surface area (Å²) in [6, 6.07) is 10.8. The smallest absolute Gasteiger partial charge is 0.220 e. The highest BCUT2D eigenvalue weighted by Gasteiger charge is 2.22. The molecular formula is C14H14N4O2S. The molecular weight excluding hydrogens is 288 g/mol. The van der Waals surface area contributed by atoms with E-state index in [-0.39, 0.29) is 10.9 Å². The molecule has 0 atom stereocenters. The molecule has 21 heavy (non-hydrogen) atoms. The number of aryl methyl sites for hydroxylation is 2. The molecule has 3 rings (SSSR count). The highest BCUT2D eigenvalue weighted by Crippen LogP contribution is 2.14. The summed E-state index contributed by atoms with van der Waals surface area (Å²) in [5.41, 5.74) is 2.28. The van der Waals surface area contributed by atoms with Gasteiger partial charge < -0.3 is 0 Å². The maximum absolute atomic E-state index is 12.4. The maximum atomic E-state index is 12.4. The van der Waals surface area contributed by atoms with Gasteiger partial charge in [0.05, 0.1) is 5.75 Å². The number of nitrogens with zero attached hydrogens (tertiary/aromatic N) is 4. The van der Waals surface area contributed by atoms with E-state index in [0.717, 1.165) is 11.4 Å². The van der Waals surface area contributed by atoms with Gasteiger partial charge >= 0.3 is 0 Å². The van der Waals surface area contributed by atoms with Crippen LogP contribution in [0.15, 0.2) is 41.6 Å². The van der Waals surface area contributed by atoms with Gasteiger partial charge in [0.1, 0.15) is 0 Å². The van der Waals surface area contributed by atoms with Crippen molar-refractivity contribution in [2.24, 2.45) is 0 Å². The van der Waals surface area contributed by atoms with Crippen molar-refractivity contribution in [3.8, 4) is 0 Å². The standard InChI is InChI=1S/C14H14N4O2S/c1-10-8-11(2)18-13(15-10)16-14(17-18)21(19,20)9-12-6-4-3-5-7-12/h3-8H,9H2,1-2H3. The van der Waals surface area contributed by atoms with Gasteiger partial charge in [-0.2, -0.15) is 4.98 Å². The van der Waals surface area contributed by atoms with E-state index >= 15 is 0 Å². The molecule has 0 aliphatic carbocycles. The average molecular weight is 302 g/mol. The third-order valence-corrected chi connectivity index (χ3v) is 4.52. The van der Waals surface area contributed by atoms with Gasteiger partial charge in [-0.15, -0.1) is 5.10 Å². The van der Waals surface area contributed by atoms with Crippen molar-refractivity contribution in [3.63, 3.8) is 0 Å². The number of fused-ring (bicyclic) bond motifs is 1. The molecule has 0 amide bonds. The van der Waals surface area contributed by atoms with Gasteiger partial charge in [-0.3, -0.25) is 0 Å². The second-order valence-electron chi connectivity index (χ2n) is 4.89. The maximum Gasteiger partial charge on any atom is 0.269 e. The van der Waals surface area contributed by atoms with Gasteiger partial charge in [-0.25, -0.2) is 17.9 Å². The number of sulfone groups is 1. The van der Waals surface area contributed by atoms with Crippen LogP contribution in [0.2, 0.25) is 0 Å². The molecule has 0 bridgehead atoms. The van der Waals surface area contributed by atoms with Crippen LogP contribution < -0.4 is 0 Å². The second-order valence-corrected chi connectivity index (χ2v) is 6.77. The lowest BCUT2D eigenvalue weighted by molar-refractivity contribution is 0.586. The molecule has 3 aromatic rings. The minimum Gasteiger partial charge on any atom is -0.220 e. The van der Waals surface area contributed by atoms with E-state index in [1.807, 2.05) is 26.0 Å². The lowest BCUT2D eigenvalue weighted by atomic mass is 10.2. The third-order valence-electron chi connectivity index (χ3n) is 3.08. The molecule has 2 aromatic heterocycles. The largest absolute Gasteiger partial charge is 0.269 e. The zero-order valence-corrected chi connectivity index (χ0v) is 12.5. The van der Waals surface area contributed by atoms with Crippen LogP contribution in [0, 0.1) is 13.8 Å². The zero-order chi connectivity index (χ0) is 15.0. The predicted molar refractivity (Wildman–Crippen MR) is 77.6 cm³/mol. The van der Waals surface area contributed by atoms with Crippen LogP contribution in [0.1, 0.15) is 17.0 Å². The fourth-order valence-electron chi connectivity index (χ4n) is 2.14. The zero-order valence-electron chi connectivity index (χ0n) is 11.7. The lowest BCUT2D eigenvalue weighted by Crippen LogP contribution is -2.07. The van der Waals surface area contributed by atoms with Crippen molar-refractivity contribution in [2.45, 2.75) is 24.8 Å². The van der Waals surface area contributed by atoms with Gasteiger partial charge in [0.25, 0.3) is 10.9 Å². The van der Waals surface area contributed by atoms with E-state index in [9.17, 15) is 8.42 Å². The van der Waals surface area contributed by atoms with Crippen LogP contribution in [-0.4, -0.2) is 28.0 Å². The predicted octanol–water partition coefficient (Wildman–Crippen LogP) is 1.72. The summed E-state index contributed by atoms with van der Waals surface area (Å²) in [6.45, 7) is 3.67. The molecule has 0 saturated heterocycles. The quantitative estimate of drug-likeness (QED) is 0.736. The number of aromatic nitrogens is 4. The van der Waals surface area contributed by atoms with Crippen LogP contribution in [0.25, 0.3) is 5.78 Å². The summed E-state index contributed by atoms with van der Waals surface area (Å²) >= 11 is 0. The first-order valence-electron chi connectivity index (χ1n) is 6.43. The number of hydrogen-bond acceptors (Lipinski definition) is 5. The van der Waals surface area contributed by atoms with E-state index in [0.29, 0.717) is 11.3 Å². The molecule has 6 nitrogen and oxygen atoms in total. The summed E-state index contributed by atoms with van der Waals surface area (Å²) in [4.78, 5) is 8.26. The Balaban J connectivity index is 2.05. The second kappa shape index (κ2) is 4.92. The Kier molecular flexibility index (Phi) is 3.21. The summed E-state index contributed by atoms with van der Waals surface area (Å²) in [6.07, 6.45) is 0. The van der Waals surface area contributed by atoms with E-state index < -0.39 is 9.84 Å². The van der Waals surface area contributed by atoms with Crippen molar-refractivity contribution in [3.05, 3.63) is 53.3 Å². The van der Waals surface area contributed by atoms with Crippen LogP contribution in [0.3, 0.4) is 0 Å². The van der Waals surface area contributed by atoms with Gasteiger partial charge in [0, 0.05) is 11.4 Å². The highest BCUT2D eigenvalue weighted by atomic mass is 32.2. The minimum atomic E-state index is -3.59. The highest BCUT2D eigenvalue weighted by molar-refractivity contribution is 7.90. The fraction of sp³-hybridized carbons (Fsp3) is 0.214. The molecule has 0 spiro atoms. The van der Waals surface area contributed by atoms with E-state index in [1.165, 1.54) is 4.52 Å². The Bertz CT molecular complexity index is 901. The van der Waals surface area contributed by atoms with Crippen molar-refractivity contribution in [1.82, 2.24) is 19.6 Å². The van der Waals surface area contributed by atoms with Crippen molar-refractivity contribution < 1.29 is 8.42 Å². The molecule has 0 radical (unpaired) electrons. The minimum absolute atomic E-state index is 0.122. The van der Waals surface area contributed by atoms with Crippen LogP contribution in [0.5, 0.6) is 0 Å². The van der Waals surface area contributed by atoms with Crippen LogP contribution in [0.4, 0.5) is 0 Å². The molecule has 0 aliphatic heterocycles. The van der Waals surface area contributed by atoms with Crippen molar-refractivity contribution in [1.29, 1.82) is 0 Å². The number of benzene rings is 1. The first-order valence-corrected chi connectivity index (χ1v) is 8.09. The first kappa shape index (κ1) is 13.7. The molecule has 0 saturated carbocycles. The molecule has 0 N–H and O–H groups in total. The topological polar surface area (TPSA) is 77.2 Å². The Labute approximate surface area is 122 Å². The Morgan fingerprint density at radius 3 is 2.52 bits per heavy atom. The molecule has 108 valence electrons. The van der Waals surface area contributed by atoms with Gasteiger partial charge in [0.2, 0.25) is 9.84 Å². The average Bonchev–Trinajstić information content (AvgIpc) is 2.84. The van der Waals surface area contributed by atoms with E-state index in [4.69, 9.17) is 0 Å². The first-order chi connectivity index (χ1) is 9.95. The molecule has 0 fully saturated rings. The van der Waals surface area contributed by atoms with E-state index in [2.05, 4.69) is 15.1 Å². The fourth-order valence-corrected chi connectivity index (χ4v) is 3.33. The van der Waals surface area contributed by atoms with Crippen molar-refractivity contribution in [2.75, 3.05) is 0 Å². The summed E-state index contributed by atoms with van der Waals surface area (Å²) in [5.74, 6) is 0.182. The van der Waals surface area contributed by atoms with Crippen LogP contribution >= 0.6 is 0 Å². The van der Waals surface area contributed by atoms with Crippen molar-refractivity contribution >= 4 is 15.6 Å². The summed E-state index contributed by atoms with van der Waals surface area (Å²) < 4.78 is 26.3. The summed E-state index contributed by atoms with van der Waals surface area (Å²) in [7, 11) is -3.59. The monoisotopic (exact) mass is 302 g/mol. The molecule has 2 heterocycles. The SMILES string of the molecule is Cc1cc(C)n2nc(S(=O)(=O)Cc3ccccc3)nc2n1. The van der Waals surface area contributed by atoms with Gasteiger partial charge in [-0.05, 0) is 25.5 Å². The Morgan fingerprint density at radius 2 is 1.81 bits per heavy atom. The molecule has 7 heteroatoms. The van der Waals surface area contributed by atoms with Gasteiger partial charge in [0.15, 0.2) is 0 Å².